The van der Waals surface area contributed by atoms with Crippen molar-refractivity contribution in [1.29, 1.82) is 0 Å². The molecule has 0 amide bonds. The standard InChI is InChI=1S/C17H21NS.2C2H6/c1-2-18(13-12-15-6-4-3-5-7-15)14-16-8-10-17(19)11-9-16;2*1-2/h3-11,19H,2,12-14H2,1H3;2*1-2H3. The molecule has 0 saturated heterocycles. The van der Waals surface area contributed by atoms with Crippen molar-refractivity contribution in [3.63, 3.8) is 0 Å². The zero-order chi connectivity index (χ0) is 17.5. The maximum atomic E-state index is 4.32. The van der Waals surface area contributed by atoms with Crippen LogP contribution in [0.25, 0.3) is 0 Å². The van der Waals surface area contributed by atoms with Crippen LogP contribution in [0, 0.1) is 0 Å². The van der Waals surface area contributed by atoms with Gasteiger partial charge in [-0.15, -0.1) is 12.6 Å². The van der Waals surface area contributed by atoms with Gasteiger partial charge in [0.1, 0.15) is 0 Å². The Morgan fingerprint density at radius 1 is 0.783 bits per heavy atom. The second-order valence-corrected chi connectivity index (χ2v) is 5.29. The van der Waals surface area contributed by atoms with E-state index in [4.69, 9.17) is 0 Å². The number of hydrogen-bond acceptors (Lipinski definition) is 2. The van der Waals surface area contributed by atoms with Gasteiger partial charge in [-0.05, 0) is 36.2 Å². The van der Waals surface area contributed by atoms with Crippen LogP contribution in [0.2, 0.25) is 0 Å². The average molecular weight is 332 g/mol. The molecular formula is C21H33NS. The van der Waals surface area contributed by atoms with E-state index >= 15 is 0 Å². The van der Waals surface area contributed by atoms with Crippen molar-refractivity contribution < 1.29 is 0 Å². The van der Waals surface area contributed by atoms with E-state index in [-0.39, 0.29) is 0 Å². The number of hydrogen-bond donors (Lipinski definition) is 1. The Hall–Kier alpha value is -1.25. The number of nitrogens with zero attached hydrogens (tertiary/aromatic N) is 1. The van der Waals surface area contributed by atoms with Gasteiger partial charge >= 0.3 is 0 Å². The molecule has 0 fully saturated rings. The molecule has 0 atom stereocenters. The first-order valence-electron chi connectivity index (χ1n) is 8.82. The lowest BCUT2D eigenvalue weighted by atomic mass is 10.1. The number of benzene rings is 2. The summed E-state index contributed by atoms with van der Waals surface area (Å²) in [6.07, 6.45) is 1.11. The van der Waals surface area contributed by atoms with Crippen LogP contribution in [0.5, 0.6) is 0 Å². The fourth-order valence-electron chi connectivity index (χ4n) is 2.14. The van der Waals surface area contributed by atoms with Gasteiger partial charge in [0, 0.05) is 18.0 Å². The van der Waals surface area contributed by atoms with Crippen molar-refractivity contribution >= 4 is 12.6 Å². The van der Waals surface area contributed by atoms with Crippen LogP contribution in [0.15, 0.2) is 59.5 Å². The Morgan fingerprint density at radius 2 is 1.35 bits per heavy atom. The van der Waals surface area contributed by atoms with Crippen molar-refractivity contribution in [2.45, 2.75) is 52.5 Å². The van der Waals surface area contributed by atoms with Crippen molar-refractivity contribution in [3.05, 3.63) is 65.7 Å². The molecule has 2 aromatic carbocycles. The van der Waals surface area contributed by atoms with Gasteiger partial charge in [0.2, 0.25) is 0 Å². The quantitative estimate of drug-likeness (QED) is 0.627. The van der Waals surface area contributed by atoms with E-state index in [1.807, 2.05) is 27.7 Å². The largest absolute Gasteiger partial charge is 0.299 e. The fourth-order valence-corrected chi connectivity index (χ4v) is 2.29. The SMILES string of the molecule is CC.CC.CCN(CCc1ccccc1)Cc1ccc(S)cc1. The van der Waals surface area contributed by atoms with Crippen LogP contribution in [-0.4, -0.2) is 18.0 Å². The first-order valence-corrected chi connectivity index (χ1v) is 9.27. The topological polar surface area (TPSA) is 3.24 Å². The van der Waals surface area contributed by atoms with Crippen LogP contribution in [-0.2, 0) is 13.0 Å². The van der Waals surface area contributed by atoms with Crippen LogP contribution in [0.3, 0.4) is 0 Å². The molecule has 1 nitrogen and oxygen atoms in total. The van der Waals surface area contributed by atoms with Gasteiger partial charge in [-0.1, -0.05) is 77.1 Å². The van der Waals surface area contributed by atoms with Crippen LogP contribution < -0.4 is 0 Å². The highest BCUT2D eigenvalue weighted by molar-refractivity contribution is 7.80. The highest BCUT2D eigenvalue weighted by Crippen LogP contribution is 2.11. The summed E-state index contributed by atoms with van der Waals surface area (Å²) in [7, 11) is 0. The molecule has 0 bridgehead atoms. The summed E-state index contributed by atoms with van der Waals surface area (Å²) in [6.45, 7) is 13.4. The Kier molecular flexibility index (Phi) is 13.6. The molecule has 0 unspecified atom stereocenters. The number of thiol groups is 1. The zero-order valence-electron chi connectivity index (χ0n) is 15.4. The Labute approximate surface area is 149 Å². The number of likely N-dealkylation sites (N-methyl/N-ethyl adjacent to an activating group) is 1. The summed E-state index contributed by atoms with van der Waals surface area (Å²) in [5.74, 6) is 0. The second-order valence-electron chi connectivity index (χ2n) is 4.77. The molecule has 0 radical (unpaired) electrons. The normalized spacial score (nSPS) is 9.52. The molecule has 0 aromatic heterocycles. The first-order chi connectivity index (χ1) is 11.3. The molecule has 0 saturated carbocycles. The summed E-state index contributed by atoms with van der Waals surface area (Å²) >= 11 is 4.32. The van der Waals surface area contributed by atoms with E-state index in [0.717, 1.165) is 31.0 Å². The molecule has 0 N–H and O–H groups in total. The Morgan fingerprint density at radius 3 is 1.87 bits per heavy atom. The van der Waals surface area contributed by atoms with E-state index in [1.54, 1.807) is 0 Å². The summed E-state index contributed by atoms with van der Waals surface area (Å²) in [5, 5.41) is 0. The van der Waals surface area contributed by atoms with Crippen molar-refractivity contribution in [3.8, 4) is 0 Å². The van der Waals surface area contributed by atoms with Gasteiger partial charge in [0.05, 0.1) is 0 Å². The zero-order valence-corrected chi connectivity index (χ0v) is 16.3. The predicted molar refractivity (Wildman–Crippen MR) is 107 cm³/mol. The minimum atomic E-state index is 1.01. The van der Waals surface area contributed by atoms with Crippen LogP contribution in [0.4, 0.5) is 0 Å². The van der Waals surface area contributed by atoms with Gasteiger partial charge in [0.25, 0.3) is 0 Å². The third-order valence-corrected chi connectivity index (χ3v) is 3.65. The average Bonchev–Trinajstić information content (AvgIpc) is 2.64. The molecule has 2 rings (SSSR count). The molecule has 0 spiro atoms. The molecule has 23 heavy (non-hydrogen) atoms. The van der Waals surface area contributed by atoms with E-state index in [2.05, 4.69) is 79.0 Å². The fraction of sp³-hybridized carbons (Fsp3) is 0.429. The molecule has 0 heterocycles. The molecule has 0 aliphatic heterocycles. The predicted octanol–water partition coefficient (Wildman–Crippen LogP) is 6.09. The van der Waals surface area contributed by atoms with E-state index in [0.29, 0.717) is 0 Å². The van der Waals surface area contributed by atoms with Crippen molar-refractivity contribution in [2.24, 2.45) is 0 Å². The number of rotatable bonds is 6. The minimum absolute atomic E-state index is 1.01. The Balaban J connectivity index is 0.00000112. The maximum Gasteiger partial charge on any atom is 0.0233 e. The first kappa shape index (κ1) is 21.8. The van der Waals surface area contributed by atoms with Gasteiger partial charge in [-0.2, -0.15) is 0 Å². The lowest BCUT2D eigenvalue weighted by Crippen LogP contribution is -2.25. The van der Waals surface area contributed by atoms with E-state index in [1.165, 1.54) is 11.1 Å². The van der Waals surface area contributed by atoms with Crippen molar-refractivity contribution in [2.75, 3.05) is 13.1 Å². The molecule has 2 heteroatoms. The van der Waals surface area contributed by atoms with Crippen molar-refractivity contribution in [1.82, 2.24) is 4.90 Å². The van der Waals surface area contributed by atoms with Gasteiger partial charge in [-0.3, -0.25) is 4.90 Å². The highest BCUT2D eigenvalue weighted by atomic mass is 32.1. The molecule has 0 aliphatic rings. The van der Waals surface area contributed by atoms with Gasteiger partial charge < -0.3 is 0 Å². The van der Waals surface area contributed by atoms with Gasteiger partial charge in [0.15, 0.2) is 0 Å². The Bertz CT molecular complexity index is 479. The third-order valence-electron chi connectivity index (χ3n) is 3.35. The van der Waals surface area contributed by atoms with E-state index < -0.39 is 0 Å². The van der Waals surface area contributed by atoms with Gasteiger partial charge in [-0.25, -0.2) is 0 Å². The lowest BCUT2D eigenvalue weighted by Gasteiger charge is -2.20. The summed E-state index contributed by atoms with van der Waals surface area (Å²) in [4.78, 5) is 3.50. The summed E-state index contributed by atoms with van der Waals surface area (Å²) in [6, 6.07) is 19.1. The summed E-state index contributed by atoms with van der Waals surface area (Å²) < 4.78 is 0. The third kappa shape index (κ3) is 9.47. The summed E-state index contributed by atoms with van der Waals surface area (Å²) in [5.41, 5.74) is 2.76. The molecule has 0 aliphatic carbocycles. The lowest BCUT2D eigenvalue weighted by molar-refractivity contribution is 0.283. The minimum Gasteiger partial charge on any atom is -0.299 e. The smallest absolute Gasteiger partial charge is 0.0233 e. The van der Waals surface area contributed by atoms with Crippen LogP contribution >= 0.6 is 12.6 Å². The maximum absolute atomic E-state index is 4.32. The second kappa shape index (κ2) is 14.3. The van der Waals surface area contributed by atoms with E-state index in [9.17, 15) is 0 Å². The molecule has 2 aromatic rings. The molecular weight excluding hydrogens is 298 g/mol. The monoisotopic (exact) mass is 331 g/mol. The highest BCUT2D eigenvalue weighted by Gasteiger charge is 2.04. The molecule has 128 valence electrons. The van der Waals surface area contributed by atoms with Crippen LogP contribution in [0.1, 0.15) is 45.7 Å².